The lowest BCUT2D eigenvalue weighted by atomic mass is 10.2. The molecule has 0 spiro atoms. The van der Waals surface area contributed by atoms with E-state index in [4.69, 9.17) is 11.6 Å². The predicted octanol–water partition coefficient (Wildman–Crippen LogP) is 1.98. The van der Waals surface area contributed by atoms with Gasteiger partial charge in [0.2, 0.25) is 0 Å². The third-order valence-corrected chi connectivity index (χ3v) is 1.89. The molecule has 1 nitrogen and oxygen atoms in total. The van der Waals surface area contributed by atoms with Gasteiger partial charge < -0.3 is 5.32 Å². The molecule has 1 fully saturated rings. The van der Waals surface area contributed by atoms with Crippen LogP contribution in [0.1, 0.15) is 11.6 Å². The highest BCUT2D eigenvalue weighted by atomic mass is 35.5. The van der Waals surface area contributed by atoms with Crippen molar-refractivity contribution in [2.45, 2.75) is 6.04 Å². The van der Waals surface area contributed by atoms with E-state index in [0.717, 1.165) is 11.6 Å². The van der Waals surface area contributed by atoms with Gasteiger partial charge in [0.15, 0.2) is 0 Å². The number of rotatable bonds is 1. The van der Waals surface area contributed by atoms with Crippen LogP contribution in [-0.4, -0.2) is 6.54 Å². The largest absolute Gasteiger partial charge is 0.307 e. The van der Waals surface area contributed by atoms with Crippen LogP contribution in [0.25, 0.3) is 0 Å². The van der Waals surface area contributed by atoms with Gasteiger partial charge in [0, 0.05) is 17.6 Å². The minimum atomic E-state index is 0.568. The molecular weight excluding hydrogens is 146 g/mol. The molecule has 0 radical (unpaired) electrons. The van der Waals surface area contributed by atoms with Crippen LogP contribution in [0.5, 0.6) is 0 Å². The number of halogens is 1. The zero-order chi connectivity index (χ0) is 6.97. The van der Waals surface area contributed by atoms with Crippen molar-refractivity contribution < 1.29 is 0 Å². The zero-order valence-electron chi connectivity index (χ0n) is 5.47. The van der Waals surface area contributed by atoms with E-state index in [1.807, 2.05) is 18.2 Å². The highest BCUT2D eigenvalue weighted by Crippen LogP contribution is 2.23. The average Bonchev–Trinajstić information content (AvgIpc) is 2.68. The van der Waals surface area contributed by atoms with Gasteiger partial charge in [0.05, 0.1) is 0 Å². The number of hydrogen-bond donors (Lipinski definition) is 1. The van der Waals surface area contributed by atoms with Gasteiger partial charge in [-0.3, -0.25) is 0 Å². The van der Waals surface area contributed by atoms with Crippen LogP contribution in [0.4, 0.5) is 0 Å². The highest BCUT2D eigenvalue weighted by Gasteiger charge is 2.21. The van der Waals surface area contributed by atoms with E-state index < -0.39 is 0 Å². The monoisotopic (exact) mass is 153 g/mol. The van der Waals surface area contributed by atoms with E-state index in [2.05, 4.69) is 11.4 Å². The minimum Gasteiger partial charge on any atom is -0.307 e. The maximum absolute atomic E-state index is 5.79. The van der Waals surface area contributed by atoms with Gasteiger partial charge >= 0.3 is 0 Å². The van der Waals surface area contributed by atoms with Crippen LogP contribution < -0.4 is 5.32 Å². The molecule has 1 aromatic carbocycles. The molecule has 1 aromatic rings. The topological polar surface area (TPSA) is 21.9 Å². The van der Waals surface area contributed by atoms with Crippen LogP contribution in [0.3, 0.4) is 0 Å². The second-order valence-electron chi connectivity index (χ2n) is 2.52. The molecule has 52 valence electrons. The third-order valence-electron chi connectivity index (χ3n) is 1.66. The summed E-state index contributed by atoms with van der Waals surface area (Å²) in [6.07, 6.45) is 0. The van der Waals surface area contributed by atoms with Crippen molar-refractivity contribution in [3.63, 3.8) is 0 Å². The summed E-state index contributed by atoms with van der Waals surface area (Å²) in [4.78, 5) is 0. The van der Waals surface area contributed by atoms with Crippen molar-refractivity contribution in [2.75, 3.05) is 6.54 Å². The highest BCUT2D eigenvalue weighted by molar-refractivity contribution is 6.30. The molecule has 0 amide bonds. The molecule has 0 aliphatic carbocycles. The van der Waals surface area contributed by atoms with Gasteiger partial charge in [-0.2, -0.15) is 0 Å². The molecule has 0 bridgehead atoms. The summed E-state index contributed by atoms with van der Waals surface area (Å²) in [7, 11) is 0. The maximum atomic E-state index is 5.79. The predicted molar refractivity (Wildman–Crippen MR) is 42.2 cm³/mol. The first kappa shape index (κ1) is 6.20. The lowest BCUT2D eigenvalue weighted by Crippen LogP contribution is -1.81. The Morgan fingerprint density at radius 2 is 2.30 bits per heavy atom. The Hall–Kier alpha value is -0.530. The van der Waals surface area contributed by atoms with Crippen molar-refractivity contribution in [1.82, 2.24) is 5.32 Å². The summed E-state index contributed by atoms with van der Waals surface area (Å²) >= 11 is 5.79. The van der Waals surface area contributed by atoms with Crippen molar-refractivity contribution in [3.8, 4) is 0 Å². The van der Waals surface area contributed by atoms with E-state index >= 15 is 0 Å². The van der Waals surface area contributed by atoms with Crippen LogP contribution in [0, 0.1) is 0 Å². The Morgan fingerprint density at radius 1 is 1.50 bits per heavy atom. The smallest absolute Gasteiger partial charge is 0.0448 e. The fourth-order valence-corrected chi connectivity index (χ4v) is 1.22. The zero-order valence-corrected chi connectivity index (χ0v) is 6.23. The molecule has 1 unspecified atom stereocenters. The Kier molecular flexibility index (Phi) is 1.40. The van der Waals surface area contributed by atoms with Gasteiger partial charge in [-0.25, -0.2) is 0 Å². The summed E-state index contributed by atoms with van der Waals surface area (Å²) in [5.74, 6) is 0. The van der Waals surface area contributed by atoms with Gasteiger partial charge in [-0.1, -0.05) is 23.7 Å². The molecule has 0 aromatic heterocycles. The first-order valence-corrected chi connectivity index (χ1v) is 3.73. The summed E-state index contributed by atoms with van der Waals surface area (Å²) in [6, 6.07) is 8.55. The first-order chi connectivity index (χ1) is 4.86. The fourth-order valence-electron chi connectivity index (χ4n) is 1.02. The molecular formula is C8H8ClN. The summed E-state index contributed by atoms with van der Waals surface area (Å²) in [5, 5.41) is 4.04. The molecule has 1 aliphatic rings. The third kappa shape index (κ3) is 1.15. The number of nitrogens with one attached hydrogen (secondary N) is 1. The average molecular weight is 154 g/mol. The van der Waals surface area contributed by atoms with Gasteiger partial charge in [0.25, 0.3) is 0 Å². The van der Waals surface area contributed by atoms with E-state index in [-0.39, 0.29) is 0 Å². The van der Waals surface area contributed by atoms with Crippen LogP contribution in [0.2, 0.25) is 5.02 Å². The van der Waals surface area contributed by atoms with E-state index in [0.29, 0.717) is 6.04 Å². The van der Waals surface area contributed by atoms with Gasteiger partial charge in [0.1, 0.15) is 0 Å². The van der Waals surface area contributed by atoms with E-state index in [1.54, 1.807) is 0 Å². The maximum Gasteiger partial charge on any atom is 0.0448 e. The van der Waals surface area contributed by atoms with Crippen molar-refractivity contribution in [3.05, 3.63) is 34.9 Å². The van der Waals surface area contributed by atoms with Crippen molar-refractivity contribution in [1.29, 1.82) is 0 Å². The molecule has 1 saturated heterocycles. The number of hydrogen-bond acceptors (Lipinski definition) is 1. The Morgan fingerprint density at radius 3 is 2.90 bits per heavy atom. The number of benzene rings is 1. The molecule has 0 saturated carbocycles. The SMILES string of the molecule is Clc1cccc(C2CN2)c1. The molecule has 2 heteroatoms. The van der Waals surface area contributed by atoms with Crippen LogP contribution in [0.15, 0.2) is 24.3 Å². The Bertz CT molecular complexity index is 243. The summed E-state index contributed by atoms with van der Waals surface area (Å²) < 4.78 is 0. The molecule has 2 rings (SSSR count). The summed E-state index contributed by atoms with van der Waals surface area (Å²) in [5.41, 5.74) is 1.30. The Labute approximate surface area is 65.0 Å². The molecule has 1 N–H and O–H groups in total. The molecule has 10 heavy (non-hydrogen) atoms. The molecule has 1 atom stereocenters. The van der Waals surface area contributed by atoms with Gasteiger partial charge in [-0.15, -0.1) is 0 Å². The quantitative estimate of drug-likeness (QED) is 0.613. The van der Waals surface area contributed by atoms with Crippen LogP contribution in [-0.2, 0) is 0 Å². The van der Waals surface area contributed by atoms with Crippen molar-refractivity contribution in [2.24, 2.45) is 0 Å². The lowest BCUT2D eigenvalue weighted by Gasteiger charge is -1.94. The fraction of sp³-hybridized carbons (Fsp3) is 0.250. The first-order valence-electron chi connectivity index (χ1n) is 3.35. The standard InChI is InChI=1S/C8H8ClN/c9-7-3-1-2-6(4-7)8-5-10-8/h1-4,8,10H,5H2. The second kappa shape index (κ2) is 2.26. The molecule has 1 aliphatic heterocycles. The summed E-state index contributed by atoms with van der Waals surface area (Å²) in [6.45, 7) is 1.10. The van der Waals surface area contributed by atoms with Crippen molar-refractivity contribution >= 4 is 11.6 Å². The lowest BCUT2D eigenvalue weighted by molar-refractivity contribution is 1.08. The van der Waals surface area contributed by atoms with Gasteiger partial charge in [-0.05, 0) is 17.7 Å². The minimum absolute atomic E-state index is 0.568. The Balaban J connectivity index is 2.32. The normalized spacial score (nSPS) is 22.7. The second-order valence-corrected chi connectivity index (χ2v) is 2.95. The van der Waals surface area contributed by atoms with E-state index in [9.17, 15) is 0 Å². The van der Waals surface area contributed by atoms with E-state index in [1.165, 1.54) is 5.56 Å². The van der Waals surface area contributed by atoms with Crippen LogP contribution >= 0.6 is 11.6 Å². The molecule has 1 heterocycles.